The maximum atomic E-state index is 13.5. The van der Waals surface area contributed by atoms with Crippen LogP contribution < -0.4 is 10.3 Å². The van der Waals surface area contributed by atoms with Crippen molar-refractivity contribution in [2.75, 3.05) is 20.7 Å². The van der Waals surface area contributed by atoms with E-state index in [0.29, 0.717) is 28.3 Å². The van der Waals surface area contributed by atoms with E-state index in [2.05, 4.69) is 4.90 Å². The van der Waals surface area contributed by atoms with Gasteiger partial charge in [0, 0.05) is 12.1 Å². The van der Waals surface area contributed by atoms with Gasteiger partial charge in [-0.25, -0.2) is 4.98 Å². The van der Waals surface area contributed by atoms with Crippen LogP contribution in [0, 0.1) is 17.0 Å². The third-order valence-electron chi connectivity index (χ3n) is 5.53. The fraction of sp³-hybridized carbons (Fsp3) is 0.333. The number of ether oxygens (including phenoxy) is 1. The Hall–Kier alpha value is -3.26. The Morgan fingerprint density at radius 3 is 2.55 bits per heavy atom. The first-order valence-corrected chi connectivity index (χ1v) is 9.47. The summed E-state index contributed by atoms with van der Waals surface area (Å²) in [6, 6.07) is 9.96. The quantitative estimate of drug-likeness (QED) is 0.498. The van der Waals surface area contributed by atoms with Gasteiger partial charge < -0.3 is 4.74 Å². The minimum absolute atomic E-state index is 0.00351. The SMILES string of the molecule is COc1ccc(-n2c([C@H]3CCCN3C)nc3c(C)cc([N+](=O)[O-])cc3c2=O)cc1. The number of nitro groups is 1. The second-order valence-electron chi connectivity index (χ2n) is 7.36. The molecule has 2 aromatic carbocycles. The molecule has 0 bridgehead atoms. The summed E-state index contributed by atoms with van der Waals surface area (Å²) in [5.74, 6) is 1.34. The van der Waals surface area contributed by atoms with E-state index in [0.717, 1.165) is 19.4 Å². The van der Waals surface area contributed by atoms with E-state index in [9.17, 15) is 14.9 Å². The number of non-ortho nitro benzene ring substituents is 1. The Morgan fingerprint density at radius 2 is 1.97 bits per heavy atom. The van der Waals surface area contributed by atoms with Crippen LogP contribution in [-0.4, -0.2) is 40.1 Å². The summed E-state index contributed by atoms with van der Waals surface area (Å²) in [5, 5.41) is 11.6. The summed E-state index contributed by atoms with van der Waals surface area (Å²) in [6.45, 7) is 2.68. The van der Waals surface area contributed by atoms with Crippen molar-refractivity contribution in [2.24, 2.45) is 0 Å². The summed E-state index contributed by atoms with van der Waals surface area (Å²) in [7, 11) is 3.61. The average molecular weight is 394 g/mol. The van der Waals surface area contributed by atoms with E-state index in [-0.39, 0.29) is 22.7 Å². The number of benzene rings is 2. The molecule has 8 nitrogen and oxygen atoms in total. The van der Waals surface area contributed by atoms with Crippen molar-refractivity contribution >= 4 is 16.6 Å². The highest BCUT2D eigenvalue weighted by Crippen LogP contribution is 2.32. The average Bonchev–Trinajstić information content (AvgIpc) is 3.14. The maximum absolute atomic E-state index is 13.5. The van der Waals surface area contributed by atoms with Gasteiger partial charge >= 0.3 is 0 Å². The lowest BCUT2D eigenvalue weighted by molar-refractivity contribution is -0.384. The fourth-order valence-corrected chi connectivity index (χ4v) is 4.01. The molecule has 0 amide bonds. The van der Waals surface area contributed by atoms with Gasteiger partial charge in [-0.3, -0.25) is 24.4 Å². The fourth-order valence-electron chi connectivity index (χ4n) is 4.01. The van der Waals surface area contributed by atoms with Crippen LogP contribution in [-0.2, 0) is 0 Å². The van der Waals surface area contributed by atoms with Crippen molar-refractivity contribution in [3.8, 4) is 11.4 Å². The molecule has 8 heteroatoms. The minimum Gasteiger partial charge on any atom is -0.497 e. The molecule has 0 N–H and O–H groups in total. The summed E-state index contributed by atoms with van der Waals surface area (Å²) >= 11 is 0. The molecule has 0 spiro atoms. The van der Waals surface area contributed by atoms with Gasteiger partial charge in [-0.05, 0) is 63.2 Å². The van der Waals surface area contributed by atoms with Gasteiger partial charge in [0.2, 0.25) is 0 Å². The number of rotatable bonds is 4. The zero-order chi connectivity index (χ0) is 20.7. The van der Waals surface area contributed by atoms with Gasteiger partial charge in [-0.15, -0.1) is 0 Å². The molecule has 3 aromatic rings. The van der Waals surface area contributed by atoms with Crippen LogP contribution in [0.15, 0.2) is 41.2 Å². The number of nitrogens with zero attached hydrogens (tertiary/aromatic N) is 4. The van der Waals surface area contributed by atoms with Crippen molar-refractivity contribution in [1.82, 2.24) is 14.5 Å². The molecule has 0 aliphatic carbocycles. The van der Waals surface area contributed by atoms with Crippen LogP contribution in [0.3, 0.4) is 0 Å². The zero-order valence-electron chi connectivity index (χ0n) is 16.6. The Labute approximate surface area is 167 Å². The van der Waals surface area contributed by atoms with E-state index >= 15 is 0 Å². The molecule has 29 heavy (non-hydrogen) atoms. The van der Waals surface area contributed by atoms with Crippen molar-refractivity contribution in [3.05, 3.63) is 68.3 Å². The topological polar surface area (TPSA) is 90.5 Å². The molecule has 1 aliphatic heterocycles. The number of aryl methyl sites for hydroxylation is 1. The van der Waals surface area contributed by atoms with Crippen molar-refractivity contribution < 1.29 is 9.66 Å². The van der Waals surface area contributed by atoms with Gasteiger partial charge in [-0.2, -0.15) is 0 Å². The summed E-state index contributed by atoms with van der Waals surface area (Å²) in [5.41, 5.74) is 1.38. The number of nitro benzene ring substituents is 1. The molecule has 1 aliphatic rings. The van der Waals surface area contributed by atoms with E-state index in [1.165, 1.54) is 12.1 Å². The smallest absolute Gasteiger partial charge is 0.270 e. The highest BCUT2D eigenvalue weighted by Gasteiger charge is 2.29. The highest BCUT2D eigenvalue weighted by molar-refractivity contribution is 5.84. The molecule has 0 radical (unpaired) electrons. The van der Waals surface area contributed by atoms with E-state index < -0.39 is 4.92 Å². The van der Waals surface area contributed by atoms with Crippen molar-refractivity contribution in [1.29, 1.82) is 0 Å². The van der Waals surface area contributed by atoms with Crippen LogP contribution in [0.5, 0.6) is 5.75 Å². The normalized spacial score (nSPS) is 17.0. The van der Waals surface area contributed by atoms with E-state index in [4.69, 9.17) is 9.72 Å². The molecular weight excluding hydrogens is 372 g/mol. The van der Waals surface area contributed by atoms with E-state index in [1.807, 2.05) is 7.05 Å². The minimum atomic E-state index is -0.484. The lowest BCUT2D eigenvalue weighted by atomic mass is 10.1. The maximum Gasteiger partial charge on any atom is 0.270 e. The second kappa shape index (κ2) is 7.29. The Bertz CT molecular complexity index is 1150. The largest absolute Gasteiger partial charge is 0.497 e. The number of hydrogen-bond donors (Lipinski definition) is 0. The summed E-state index contributed by atoms with van der Waals surface area (Å²) < 4.78 is 6.81. The van der Waals surface area contributed by atoms with Gasteiger partial charge in [-0.1, -0.05) is 0 Å². The van der Waals surface area contributed by atoms with Crippen LogP contribution in [0.4, 0.5) is 5.69 Å². The predicted molar refractivity (Wildman–Crippen MR) is 110 cm³/mol. The molecule has 2 heterocycles. The molecule has 0 unspecified atom stereocenters. The lowest BCUT2D eigenvalue weighted by Gasteiger charge is -2.23. The summed E-state index contributed by atoms with van der Waals surface area (Å²) in [6.07, 6.45) is 1.92. The van der Waals surface area contributed by atoms with Gasteiger partial charge in [0.1, 0.15) is 11.6 Å². The monoisotopic (exact) mass is 394 g/mol. The highest BCUT2D eigenvalue weighted by atomic mass is 16.6. The third-order valence-corrected chi connectivity index (χ3v) is 5.53. The van der Waals surface area contributed by atoms with Gasteiger partial charge in [0.15, 0.2) is 0 Å². The second-order valence-corrected chi connectivity index (χ2v) is 7.36. The Balaban J connectivity index is 2.05. The Kier molecular flexibility index (Phi) is 4.79. The standard InChI is InChI=1S/C21H22N4O4/c1-13-11-15(25(27)28)12-17-19(13)22-20(18-5-4-10-23(18)2)24(21(17)26)14-6-8-16(29-3)9-7-14/h6-9,11-12,18H,4-5,10H2,1-3H3/t18-/m1/s1. The Morgan fingerprint density at radius 1 is 1.24 bits per heavy atom. The number of hydrogen-bond acceptors (Lipinski definition) is 6. The first-order chi connectivity index (χ1) is 13.9. The summed E-state index contributed by atoms with van der Waals surface area (Å²) in [4.78, 5) is 31.4. The van der Waals surface area contributed by atoms with Gasteiger partial charge in [0.25, 0.3) is 11.2 Å². The van der Waals surface area contributed by atoms with E-state index in [1.54, 1.807) is 42.9 Å². The van der Waals surface area contributed by atoms with Crippen molar-refractivity contribution in [3.63, 3.8) is 0 Å². The first-order valence-electron chi connectivity index (χ1n) is 9.47. The van der Waals surface area contributed by atoms with Gasteiger partial charge in [0.05, 0.1) is 34.7 Å². The van der Waals surface area contributed by atoms with Crippen LogP contribution in [0.1, 0.15) is 30.3 Å². The van der Waals surface area contributed by atoms with Crippen LogP contribution in [0.2, 0.25) is 0 Å². The number of aromatic nitrogens is 2. The van der Waals surface area contributed by atoms with Crippen molar-refractivity contribution in [2.45, 2.75) is 25.8 Å². The lowest BCUT2D eigenvalue weighted by Crippen LogP contribution is -2.30. The van der Waals surface area contributed by atoms with Crippen LogP contribution >= 0.6 is 0 Å². The molecule has 1 atom stereocenters. The first kappa shape index (κ1) is 19.1. The number of likely N-dealkylation sites (tertiary alicyclic amines) is 1. The molecular formula is C21H22N4O4. The third kappa shape index (κ3) is 3.25. The molecule has 1 aromatic heterocycles. The molecule has 4 rings (SSSR count). The molecule has 1 saturated heterocycles. The number of fused-ring (bicyclic) bond motifs is 1. The molecule has 0 saturated carbocycles. The zero-order valence-corrected chi connectivity index (χ0v) is 16.6. The number of methoxy groups -OCH3 is 1. The molecule has 1 fully saturated rings. The molecule has 150 valence electrons. The predicted octanol–water partition coefficient (Wildman–Crippen LogP) is 3.38. The van der Waals surface area contributed by atoms with Crippen LogP contribution in [0.25, 0.3) is 16.6 Å².